The fraction of sp³-hybridized carbons (Fsp3) is 0.467. The molecule has 0 bridgehead atoms. The molecule has 2 rings (SSSR count). The van der Waals surface area contributed by atoms with Gasteiger partial charge in [-0.2, -0.15) is 0 Å². The molecule has 0 radical (unpaired) electrons. The highest BCUT2D eigenvalue weighted by Crippen LogP contribution is 2.36. The third-order valence-electron chi connectivity index (χ3n) is 3.74. The number of hydrogen-bond acceptors (Lipinski definition) is 4. The van der Waals surface area contributed by atoms with E-state index in [1.54, 1.807) is 11.0 Å². The van der Waals surface area contributed by atoms with Gasteiger partial charge in [-0.25, -0.2) is 0 Å². The zero-order valence-corrected chi connectivity index (χ0v) is 13.2. The number of likely N-dealkylation sites (tertiary alicyclic amines) is 1. The average Bonchev–Trinajstić information content (AvgIpc) is 2.53. The second-order valence-corrected chi connectivity index (χ2v) is 5.53. The van der Waals surface area contributed by atoms with Crippen molar-refractivity contribution in [2.45, 2.75) is 12.8 Å². The van der Waals surface area contributed by atoms with Gasteiger partial charge >= 0.3 is 5.97 Å². The Kier molecular flexibility index (Phi) is 5.13. The first-order valence-electron chi connectivity index (χ1n) is 6.91. The molecule has 0 saturated carbocycles. The predicted octanol–water partition coefficient (Wildman–Crippen LogP) is 2.29. The Morgan fingerprint density at radius 3 is 2.64 bits per heavy atom. The van der Waals surface area contributed by atoms with Gasteiger partial charge in [-0.3, -0.25) is 9.59 Å². The van der Waals surface area contributed by atoms with E-state index in [0.717, 1.165) is 0 Å². The summed E-state index contributed by atoms with van der Waals surface area (Å²) in [5.74, 6) is -0.919. The molecular weight excluding hydrogens is 310 g/mol. The number of nitrogens with zero attached hydrogens (tertiary/aromatic N) is 1. The Morgan fingerprint density at radius 1 is 1.32 bits per heavy atom. The van der Waals surface area contributed by atoms with Crippen LogP contribution in [0.15, 0.2) is 12.1 Å². The molecule has 1 heterocycles. The van der Waals surface area contributed by atoms with Crippen LogP contribution in [0.3, 0.4) is 0 Å². The van der Waals surface area contributed by atoms with Crippen LogP contribution in [-0.2, 0) is 4.79 Å². The Labute approximate surface area is 133 Å². The van der Waals surface area contributed by atoms with Gasteiger partial charge in [0.25, 0.3) is 5.91 Å². The van der Waals surface area contributed by atoms with E-state index in [9.17, 15) is 9.59 Å². The Bertz CT molecular complexity index is 590. The van der Waals surface area contributed by atoms with Crippen LogP contribution >= 0.6 is 11.6 Å². The van der Waals surface area contributed by atoms with Crippen molar-refractivity contribution in [1.29, 1.82) is 0 Å². The highest BCUT2D eigenvalue weighted by molar-refractivity contribution is 6.32. The number of ether oxygens (including phenoxy) is 2. The maximum absolute atomic E-state index is 12.6. The molecule has 0 spiro atoms. The molecular formula is C15H18ClNO5. The van der Waals surface area contributed by atoms with Crippen LogP contribution in [0.5, 0.6) is 11.5 Å². The third-order valence-corrected chi connectivity index (χ3v) is 4.02. The molecule has 1 aliphatic heterocycles. The SMILES string of the molecule is COc1cc(C(=O)N2CCC[C@H](C(=O)O)C2)cc(Cl)c1OC. The molecule has 1 aromatic rings. The number of hydrogen-bond donors (Lipinski definition) is 1. The van der Waals surface area contributed by atoms with Crippen LogP contribution in [0.2, 0.25) is 5.02 Å². The summed E-state index contributed by atoms with van der Waals surface area (Å²) in [7, 11) is 2.93. The van der Waals surface area contributed by atoms with Gasteiger partial charge in [0.15, 0.2) is 11.5 Å². The number of aliphatic carboxylic acids is 1. The van der Waals surface area contributed by atoms with E-state index in [2.05, 4.69) is 0 Å². The second-order valence-electron chi connectivity index (χ2n) is 5.12. The quantitative estimate of drug-likeness (QED) is 0.918. The molecule has 1 fully saturated rings. The van der Waals surface area contributed by atoms with E-state index in [1.807, 2.05) is 0 Å². The molecule has 1 amide bonds. The standard InChI is InChI=1S/C15H18ClNO5/c1-21-12-7-10(6-11(16)13(12)22-2)14(18)17-5-3-4-9(8-17)15(19)20/h6-7,9H,3-5,8H2,1-2H3,(H,19,20)/t9-/m0/s1. The van der Waals surface area contributed by atoms with Gasteiger partial charge in [0, 0.05) is 18.7 Å². The van der Waals surface area contributed by atoms with Crippen molar-refractivity contribution in [1.82, 2.24) is 4.90 Å². The number of methoxy groups -OCH3 is 2. The minimum absolute atomic E-state index is 0.208. The molecule has 1 saturated heterocycles. The van der Waals surface area contributed by atoms with Crippen LogP contribution < -0.4 is 9.47 Å². The second kappa shape index (κ2) is 6.87. The van der Waals surface area contributed by atoms with Crippen LogP contribution in [0.1, 0.15) is 23.2 Å². The average molecular weight is 328 g/mol. The van der Waals surface area contributed by atoms with Crippen molar-refractivity contribution in [3.8, 4) is 11.5 Å². The van der Waals surface area contributed by atoms with Crippen molar-refractivity contribution in [2.24, 2.45) is 5.92 Å². The first-order valence-corrected chi connectivity index (χ1v) is 7.29. The number of carbonyl (C=O) groups is 2. The lowest BCUT2D eigenvalue weighted by atomic mass is 9.97. The first-order chi connectivity index (χ1) is 10.5. The molecule has 22 heavy (non-hydrogen) atoms. The fourth-order valence-electron chi connectivity index (χ4n) is 2.59. The summed E-state index contributed by atoms with van der Waals surface area (Å²) >= 11 is 6.11. The summed E-state index contributed by atoms with van der Waals surface area (Å²) in [6.07, 6.45) is 1.26. The maximum atomic E-state index is 12.6. The number of halogens is 1. The van der Waals surface area contributed by atoms with E-state index < -0.39 is 11.9 Å². The van der Waals surface area contributed by atoms with Crippen molar-refractivity contribution in [3.05, 3.63) is 22.7 Å². The van der Waals surface area contributed by atoms with E-state index in [0.29, 0.717) is 36.4 Å². The van der Waals surface area contributed by atoms with Crippen molar-refractivity contribution >= 4 is 23.5 Å². The molecule has 0 unspecified atom stereocenters. The van der Waals surface area contributed by atoms with Gasteiger partial charge in [-0.1, -0.05) is 11.6 Å². The zero-order chi connectivity index (χ0) is 16.3. The van der Waals surface area contributed by atoms with E-state index in [1.165, 1.54) is 20.3 Å². The number of benzene rings is 1. The lowest BCUT2D eigenvalue weighted by Gasteiger charge is -2.31. The summed E-state index contributed by atoms with van der Waals surface area (Å²) < 4.78 is 10.3. The van der Waals surface area contributed by atoms with Crippen LogP contribution in [0, 0.1) is 5.92 Å². The van der Waals surface area contributed by atoms with Gasteiger partial charge in [-0.15, -0.1) is 0 Å². The first kappa shape index (κ1) is 16.4. The monoisotopic (exact) mass is 327 g/mol. The van der Waals surface area contributed by atoms with Crippen LogP contribution in [0.25, 0.3) is 0 Å². The maximum Gasteiger partial charge on any atom is 0.308 e. The zero-order valence-electron chi connectivity index (χ0n) is 12.5. The molecule has 1 aromatic carbocycles. The highest BCUT2D eigenvalue weighted by Gasteiger charge is 2.29. The van der Waals surface area contributed by atoms with Gasteiger partial charge in [0.1, 0.15) is 0 Å². The number of piperidine rings is 1. The topological polar surface area (TPSA) is 76.1 Å². The van der Waals surface area contributed by atoms with Gasteiger partial charge < -0.3 is 19.5 Å². The number of carboxylic acids is 1. The molecule has 120 valence electrons. The van der Waals surface area contributed by atoms with Crippen molar-refractivity contribution in [3.63, 3.8) is 0 Å². The molecule has 1 aliphatic rings. The molecule has 0 aliphatic carbocycles. The smallest absolute Gasteiger partial charge is 0.308 e. The van der Waals surface area contributed by atoms with E-state index in [4.69, 9.17) is 26.2 Å². The minimum atomic E-state index is -0.872. The summed E-state index contributed by atoms with van der Waals surface area (Å²) in [5, 5.41) is 9.38. The number of carboxylic acid groups (broad SMARTS) is 1. The number of carbonyl (C=O) groups excluding carboxylic acids is 1. The largest absolute Gasteiger partial charge is 0.493 e. The molecule has 1 N–H and O–H groups in total. The summed E-state index contributed by atoms with van der Waals surface area (Å²) in [6.45, 7) is 0.745. The van der Waals surface area contributed by atoms with E-state index >= 15 is 0 Å². The molecule has 1 atom stereocenters. The van der Waals surface area contributed by atoms with Gasteiger partial charge in [0.05, 0.1) is 25.2 Å². The van der Waals surface area contributed by atoms with Crippen LogP contribution in [-0.4, -0.2) is 49.2 Å². The van der Waals surface area contributed by atoms with Gasteiger partial charge in [0.2, 0.25) is 0 Å². The molecule has 0 aromatic heterocycles. The Hall–Kier alpha value is -1.95. The summed E-state index contributed by atoms with van der Waals surface area (Å²) in [4.78, 5) is 25.2. The lowest BCUT2D eigenvalue weighted by Crippen LogP contribution is -2.42. The van der Waals surface area contributed by atoms with Crippen LogP contribution in [0.4, 0.5) is 0 Å². The third kappa shape index (κ3) is 3.27. The van der Waals surface area contributed by atoms with E-state index in [-0.39, 0.29) is 17.5 Å². The Balaban J connectivity index is 2.25. The minimum Gasteiger partial charge on any atom is -0.493 e. The molecule has 6 nitrogen and oxygen atoms in total. The summed E-state index contributed by atoms with van der Waals surface area (Å²) in [5.41, 5.74) is 0.355. The predicted molar refractivity (Wildman–Crippen MR) is 80.8 cm³/mol. The number of rotatable bonds is 4. The Morgan fingerprint density at radius 2 is 2.05 bits per heavy atom. The number of amides is 1. The lowest BCUT2D eigenvalue weighted by molar-refractivity contribution is -0.143. The molecule has 7 heteroatoms. The van der Waals surface area contributed by atoms with Crippen molar-refractivity contribution < 1.29 is 24.2 Å². The normalized spacial score (nSPS) is 18.0. The fourth-order valence-corrected chi connectivity index (χ4v) is 2.87. The van der Waals surface area contributed by atoms with Gasteiger partial charge in [-0.05, 0) is 25.0 Å². The summed E-state index contributed by atoms with van der Waals surface area (Å²) in [6, 6.07) is 3.06. The van der Waals surface area contributed by atoms with Crippen molar-refractivity contribution in [2.75, 3.05) is 27.3 Å². The highest BCUT2D eigenvalue weighted by atomic mass is 35.5.